The first-order chi connectivity index (χ1) is 13.5. The molecule has 0 radical (unpaired) electrons. The van der Waals surface area contributed by atoms with Crippen LogP contribution in [0.2, 0.25) is 0 Å². The number of aryl methyl sites for hydroxylation is 1. The zero-order valence-electron chi connectivity index (χ0n) is 15.6. The van der Waals surface area contributed by atoms with Crippen LogP contribution in [-0.4, -0.2) is 22.5 Å². The van der Waals surface area contributed by atoms with E-state index in [9.17, 15) is 9.59 Å². The number of hydrogen-bond acceptors (Lipinski definition) is 4. The summed E-state index contributed by atoms with van der Waals surface area (Å²) in [5.41, 5.74) is 6.43. The average Bonchev–Trinajstić information content (AvgIpc) is 2.72. The third-order valence-corrected chi connectivity index (χ3v) is 4.04. The number of pyridine rings is 1. The minimum absolute atomic E-state index is 0.182. The minimum atomic E-state index is -0.385. The summed E-state index contributed by atoms with van der Waals surface area (Å²) in [6, 6.07) is 19.8. The molecule has 2 amide bonds. The van der Waals surface area contributed by atoms with E-state index in [4.69, 9.17) is 0 Å². The van der Waals surface area contributed by atoms with Gasteiger partial charge in [-0.05, 0) is 55.8 Å². The monoisotopic (exact) mass is 372 g/mol. The van der Waals surface area contributed by atoms with Crippen molar-refractivity contribution >= 4 is 23.2 Å². The first-order valence-electron chi connectivity index (χ1n) is 8.77. The zero-order valence-corrected chi connectivity index (χ0v) is 15.6. The number of hydrogen-bond donors (Lipinski definition) is 2. The Hall–Kier alpha value is -3.80. The van der Waals surface area contributed by atoms with Crippen LogP contribution in [0.4, 0.5) is 5.69 Å². The highest BCUT2D eigenvalue weighted by atomic mass is 16.2. The predicted molar refractivity (Wildman–Crippen MR) is 109 cm³/mol. The van der Waals surface area contributed by atoms with Crippen molar-refractivity contribution in [1.29, 1.82) is 0 Å². The van der Waals surface area contributed by atoms with Gasteiger partial charge in [0.15, 0.2) is 0 Å². The second-order valence-electron chi connectivity index (χ2n) is 6.26. The molecule has 0 fully saturated rings. The number of nitrogens with one attached hydrogen (secondary N) is 2. The van der Waals surface area contributed by atoms with E-state index in [1.165, 1.54) is 0 Å². The maximum Gasteiger partial charge on any atom is 0.289 e. The van der Waals surface area contributed by atoms with Crippen molar-refractivity contribution in [3.63, 3.8) is 0 Å². The number of nitrogens with zero attached hydrogens (tertiary/aromatic N) is 2. The van der Waals surface area contributed by atoms with E-state index in [1.54, 1.807) is 49.5 Å². The highest BCUT2D eigenvalue weighted by Crippen LogP contribution is 2.14. The Morgan fingerprint density at radius 3 is 2.43 bits per heavy atom. The molecule has 3 aromatic rings. The maximum atomic E-state index is 12.4. The van der Waals surface area contributed by atoms with E-state index < -0.39 is 0 Å². The fraction of sp³-hybridized carbons (Fsp3) is 0.0909. The summed E-state index contributed by atoms with van der Waals surface area (Å²) in [7, 11) is 0. The van der Waals surface area contributed by atoms with Crippen LogP contribution < -0.4 is 10.7 Å². The summed E-state index contributed by atoms with van der Waals surface area (Å²) in [4.78, 5) is 28.4. The van der Waals surface area contributed by atoms with E-state index in [0.29, 0.717) is 22.7 Å². The fourth-order valence-electron chi connectivity index (χ4n) is 2.57. The lowest BCUT2D eigenvalue weighted by Gasteiger charge is -2.08. The van der Waals surface area contributed by atoms with Gasteiger partial charge < -0.3 is 5.32 Å². The number of rotatable bonds is 5. The van der Waals surface area contributed by atoms with Gasteiger partial charge in [0.25, 0.3) is 11.8 Å². The van der Waals surface area contributed by atoms with E-state index in [2.05, 4.69) is 20.8 Å². The summed E-state index contributed by atoms with van der Waals surface area (Å²) in [5.74, 6) is -0.567. The van der Waals surface area contributed by atoms with Crippen molar-refractivity contribution in [2.24, 2.45) is 5.10 Å². The first kappa shape index (κ1) is 19.0. The van der Waals surface area contributed by atoms with Gasteiger partial charge in [-0.15, -0.1) is 0 Å². The van der Waals surface area contributed by atoms with Gasteiger partial charge >= 0.3 is 0 Å². The summed E-state index contributed by atoms with van der Waals surface area (Å²) in [6.07, 6.45) is 1.55. The van der Waals surface area contributed by atoms with E-state index >= 15 is 0 Å². The summed E-state index contributed by atoms with van der Waals surface area (Å²) in [5, 5.41) is 7.01. The molecule has 0 atom stereocenters. The van der Waals surface area contributed by atoms with E-state index in [1.807, 2.05) is 37.3 Å². The van der Waals surface area contributed by atoms with Gasteiger partial charge in [0, 0.05) is 17.4 Å². The third-order valence-electron chi connectivity index (χ3n) is 4.04. The van der Waals surface area contributed by atoms with Crippen LogP contribution in [-0.2, 0) is 0 Å². The molecular weight excluding hydrogens is 352 g/mol. The number of benzene rings is 2. The van der Waals surface area contributed by atoms with E-state index in [0.717, 1.165) is 11.1 Å². The number of aromatic nitrogens is 1. The molecule has 0 aliphatic carbocycles. The quantitative estimate of drug-likeness (QED) is 0.528. The molecule has 0 aliphatic heterocycles. The Balaban J connectivity index is 1.70. The van der Waals surface area contributed by atoms with Crippen molar-refractivity contribution in [1.82, 2.24) is 10.4 Å². The van der Waals surface area contributed by atoms with Crippen molar-refractivity contribution < 1.29 is 9.59 Å². The predicted octanol–water partition coefficient (Wildman–Crippen LogP) is 3.80. The number of carbonyl (C=O) groups excluding carboxylic acids is 2. The molecule has 0 spiro atoms. The van der Waals surface area contributed by atoms with Gasteiger partial charge in [-0.2, -0.15) is 5.10 Å². The lowest BCUT2D eigenvalue weighted by molar-refractivity contribution is 0.0949. The van der Waals surface area contributed by atoms with Gasteiger partial charge in [-0.1, -0.05) is 35.9 Å². The lowest BCUT2D eigenvalue weighted by atomic mass is 10.1. The molecule has 0 aliphatic rings. The van der Waals surface area contributed by atoms with Crippen molar-refractivity contribution in [2.75, 3.05) is 5.32 Å². The topological polar surface area (TPSA) is 83.4 Å². The molecular formula is C22H20N4O2. The molecule has 1 aromatic heterocycles. The highest BCUT2D eigenvalue weighted by Gasteiger charge is 2.08. The van der Waals surface area contributed by atoms with Crippen LogP contribution in [0, 0.1) is 6.92 Å². The Kier molecular flexibility index (Phi) is 5.91. The van der Waals surface area contributed by atoms with Crippen molar-refractivity contribution in [2.45, 2.75) is 13.8 Å². The minimum Gasteiger partial charge on any atom is -0.322 e. The van der Waals surface area contributed by atoms with Gasteiger partial charge in [0.05, 0.1) is 5.71 Å². The lowest BCUT2D eigenvalue weighted by Crippen LogP contribution is -2.20. The number of carbonyl (C=O) groups is 2. The highest BCUT2D eigenvalue weighted by molar-refractivity contribution is 6.06. The van der Waals surface area contributed by atoms with Gasteiger partial charge in [-0.3, -0.25) is 14.6 Å². The largest absolute Gasteiger partial charge is 0.322 e. The number of hydrazone groups is 1. The van der Waals surface area contributed by atoms with Gasteiger partial charge in [0.1, 0.15) is 5.69 Å². The smallest absolute Gasteiger partial charge is 0.289 e. The molecule has 0 saturated carbocycles. The molecule has 1 heterocycles. The van der Waals surface area contributed by atoms with Crippen LogP contribution >= 0.6 is 0 Å². The molecule has 0 bridgehead atoms. The van der Waals surface area contributed by atoms with E-state index in [-0.39, 0.29) is 11.8 Å². The number of amides is 2. The molecule has 140 valence electrons. The standard InChI is InChI=1S/C22H20N4O2/c1-15-7-5-9-18(13-15)21(27)24-19-10-6-8-17(14-19)16(2)25-26-22(28)20-11-3-4-12-23-20/h3-14H,1-2H3,(H,24,27)(H,26,28)/b25-16+. The van der Waals surface area contributed by atoms with Crippen LogP contribution in [0.3, 0.4) is 0 Å². The molecule has 2 aromatic carbocycles. The summed E-state index contributed by atoms with van der Waals surface area (Å²) >= 11 is 0. The Labute approximate surface area is 163 Å². The Morgan fingerprint density at radius 1 is 0.893 bits per heavy atom. The molecule has 0 unspecified atom stereocenters. The maximum absolute atomic E-state index is 12.4. The van der Waals surface area contributed by atoms with Crippen LogP contribution in [0.15, 0.2) is 78.0 Å². The molecule has 6 heteroatoms. The second-order valence-corrected chi connectivity index (χ2v) is 6.26. The molecule has 0 saturated heterocycles. The van der Waals surface area contributed by atoms with Crippen LogP contribution in [0.1, 0.15) is 38.9 Å². The Morgan fingerprint density at radius 2 is 1.68 bits per heavy atom. The van der Waals surface area contributed by atoms with Crippen molar-refractivity contribution in [3.05, 3.63) is 95.3 Å². The summed E-state index contributed by atoms with van der Waals surface area (Å²) in [6.45, 7) is 3.72. The zero-order chi connectivity index (χ0) is 19.9. The van der Waals surface area contributed by atoms with Crippen LogP contribution in [0.5, 0.6) is 0 Å². The van der Waals surface area contributed by atoms with Gasteiger partial charge in [-0.25, -0.2) is 5.43 Å². The van der Waals surface area contributed by atoms with Crippen molar-refractivity contribution in [3.8, 4) is 0 Å². The number of anilines is 1. The fourth-order valence-corrected chi connectivity index (χ4v) is 2.57. The SMILES string of the molecule is C/C(=N\NC(=O)c1ccccn1)c1cccc(NC(=O)c2cccc(C)c2)c1. The Bertz CT molecular complexity index is 1030. The third kappa shape index (κ3) is 4.88. The normalized spacial score (nSPS) is 11.0. The molecule has 6 nitrogen and oxygen atoms in total. The van der Waals surface area contributed by atoms with Crippen LogP contribution in [0.25, 0.3) is 0 Å². The molecule has 3 rings (SSSR count). The molecule has 2 N–H and O–H groups in total. The average molecular weight is 372 g/mol. The molecule has 28 heavy (non-hydrogen) atoms. The second kappa shape index (κ2) is 8.73. The van der Waals surface area contributed by atoms with Gasteiger partial charge in [0.2, 0.25) is 0 Å². The first-order valence-corrected chi connectivity index (χ1v) is 8.77. The summed E-state index contributed by atoms with van der Waals surface area (Å²) < 4.78 is 0.